The standard InChI is InChI=1S/C13H22N2OS.ClH/c1-4-13(5-2,9-14)12(16)15-10(3)11-7-6-8-17-11;/h6-8,10H,4-5,9,14H2,1-3H3,(H,15,16);1H. The van der Waals surface area contributed by atoms with Crippen LogP contribution >= 0.6 is 23.7 Å². The summed E-state index contributed by atoms with van der Waals surface area (Å²) in [5.41, 5.74) is 5.35. The van der Waals surface area contributed by atoms with E-state index in [1.165, 1.54) is 4.88 Å². The molecule has 1 aromatic rings. The Morgan fingerprint density at radius 1 is 1.50 bits per heavy atom. The maximum atomic E-state index is 12.3. The predicted molar refractivity (Wildman–Crippen MR) is 80.2 cm³/mol. The number of nitrogens with two attached hydrogens (primary N) is 1. The van der Waals surface area contributed by atoms with E-state index in [-0.39, 0.29) is 24.4 Å². The van der Waals surface area contributed by atoms with Crippen LogP contribution in [0.25, 0.3) is 0 Å². The first-order chi connectivity index (χ1) is 8.09. The highest BCUT2D eigenvalue weighted by Crippen LogP contribution is 2.27. The van der Waals surface area contributed by atoms with Gasteiger partial charge in [-0.1, -0.05) is 19.9 Å². The third-order valence-corrected chi connectivity index (χ3v) is 4.60. The van der Waals surface area contributed by atoms with E-state index in [0.29, 0.717) is 6.54 Å². The Hall–Kier alpha value is -0.580. The number of halogens is 1. The Bertz CT molecular complexity index is 342. The summed E-state index contributed by atoms with van der Waals surface area (Å²) in [6.45, 7) is 6.46. The molecule has 0 spiro atoms. The van der Waals surface area contributed by atoms with Crippen LogP contribution in [0, 0.1) is 5.41 Å². The van der Waals surface area contributed by atoms with Crippen LogP contribution in [0.15, 0.2) is 17.5 Å². The number of thiophene rings is 1. The van der Waals surface area contributed by atoms with Crippen molar-refractivity contribution in [1.82, 2.24) is 5.32 Å². The SMILES string of the molecule is CCC(CC)(CN)C(=O)NC(C)c1cccs1.Cl. The molecule has 104 valence electrons. The van der Waals surface area contributed by atoms with Crippen molar-refractivity contribution in [2.24, 2.45) is 11.1 Å². The minimum atomic E-state index is -0.411. The first kappa shape index (κ1) is 17.4. The summed E-state index contributed by atoms with van der Waals surface area (Å²) >= 11 is 1.66. The predicted octanol–water partition coefficient (Wildman–Crippen LogP) is 3.11. The van der Waals surface area contributed by atoms with Crippen LogP contribution in [-0.2, 0) is 4.79 Å². The summed E-state index contributed by atoms with van der Waals surface area (Å²) in [4.78, 5) is 13.5. The van der Waals surface area contributed by atoms with Gasteiger partial charge in [0.1, 0.15) is 0 Å². The molecule has 0 radical (unpaired) electrons. The van der Waals surface area contributed by atoms with Gasteiger partial charge < -0.3 is 11.1 Å². The smallest absolute Gasteiger partial charge is 0.227 e. The fraction of sp³-hybridized carbons (Fsp3) is 0.615. The summed E-state index contributed by atoms with van der Waals surface area (Å²) < 4.78 is 0. The lowest BCUT2D eigenvalue weighted by Crippen LogP contribution is -2.45. The van der Waals surface area contributed by atoms with E-state index in [0.717, 1.165) is 12.8 Å². The first-order valence-electron chi connectivity index (χ1n) is 6.14. The first-order valence-corrected chi connectivity index (χ1v) is 7.02. The molecule has 1 atom stereocenters. The second-order valence-corrected chi connectivity index (χ2v) is 5.38. The molecule has 18 heavy (non-hydrogen) atoms. The van der Waals surface area contributed by atoms with Gasteiger partial charge in [0, 0.05) is 11.4 Å². The molecule has 0 fully saturated rings. The fourth-order valence-electron chi connectivity index (χ4n) is 1.91. The highest BCUT2D eigenvalue weighted by molar-refractivity contribution is 7.10. The number of nitrogens with one attached hydrogen (secondary N) is 1. The largest absolute Gasteiger partial charge is 0.348 e. The van der Waals surface area contributed by atoms with Gasteiger partial charge in [0.15, 0.2) is 0 Å². The summed E-state index contributed by atoms with van der Waals surface area (Å²) in [5, 5.41) is 5.09. The van der Waals surface area contributed by atoms with Gasteiger partial charge in [-0.25, -0.2) is 0 Å². The van der Waals surface area contributed by atoms with Crippen molar-refractivity contribution < 1.29 is 4.79 Å². The molecule has 5 heteroatoms. The highest BCUT2D eigenvalue weighted by atomic mass is 35.5. The molecule has 0 saturated heterocycles. The molecule has 1 rings (SSSR count). The van der Waals surface area contributed by atoms with E-state index in [4.69, 9.17) is 5.73 Å². The van der Waals surface area contributed by atoms with E-state index in [1.54, 1.807) is 11.3 Å². The summed E-state index contributed by atoms with van der Waals surface area (Å²) in [5.74, 6) is 0.0749. The number of carbonyl (C=O) groups excluding carboxylic acids is 1. The molecular formula is C13H23ClN2OS. The van der Waals surface area contributed by atoms with Crippen LogP contribution < -0.4 is 11.1 Å². The van der Waals surface area contributed by atoms with Gasteiger partial charge in [0.2, 0.25) is 5.91 Å². The Kier molecular flexibility index (Phi) is 7.52. The topological polar surface area (TPSA) is 55.1 Å². The monoisotopic (exact) mass is 290 g/mol. The second-order valence-electron chi connectivity index (χ2n) is 4.40. The van der Waals surface area contributed by atoms with Gasteiger partial charge in [-0.05, 0) is 31.2 Å². The maximum absolute atomic E-state index is 12.3. The Labute approximate surface area is 120 Å². The molecule has 0 aliphatic heterocycles. The van der Waals surface area contributed by atoms with Gasteiger partial charge in [0.25, 0.3) is 0 Å². The lowest BCUT2D eigenvalue weighted by molar-refractivity contribution is -0.131. The second kappa shape index (κ2) is 7.77. The van der Waals surface area contributed by atoms with Crippen LogP contribution in [-0.4, -0.2) is 12.5 Å². The number of carbonyl (C=O) groups is 1. The van der Waals surface area contributed by atoms with Crippen LogP contribution in [0.3, 0.4) is 0 Å². The highest BCUT2D eigenvalue weighted by Gasteiger charge is 2.34. The van der Waals surface area contributed by atoms with Crippen molar-refractivity contribution in [3.63, 3.8) is 0 Å². The summed E-state index contributed by atoms with van der Waals surface area (Å²) in [6, 6.07) is 4.10. The van der Waals surface area contributed by atoms with E-state index in [9.17, 15) is 4.79 Å². The van der Waals surface area contributed by atoms with Crippen LogP contribution in [0.1, 0.15) is 44.5 Å². The van der Waals surface area contributed by atoms with Gasteiger partial charge in [-0.2, -0.15) is 0 Å². The fourth-order valence-corrected chi connectivity index (χ4v) is 2.65. The number of rotatable bonds is 6. The lowest BCUT2D eigenvalue weighted by Gasteiger charge is -2.30. The van der Waals surface area contributed by atoms with Gasteiger partial charge in [-0.3, -0.25) is 4.79 Å². The van der Waals surface area contributed by atoms with Crippen LogP contribution in [0.2, 0.25) is 0 Å². The van der Waals surface area contributed by atoms with Gasteiger partial charge in [0.05, 0.1) is 11.5 Å². The molecule has 3 nitrogen and oxygen atoms in total. The Morgan fingerprint density at radius 2 is 2.11 bits per heavy atom. The molecule has 0 saturated carbocycles. The minimum Gasteiger partial charge on any atom is -0.348 e. The molecule has 1 amide bonds. The molecular weight excluding hydrogens is 268 g/mol. The number of amides is 1. The minimum absolute atomic E-state index is 0. The molecule has 0 aromatic carbocycles. The molecule has 0 bridgehead atoms. The number of hydrogen-bond donors (Lipinski definition) is 2. The van der Waals surface area contributed by atoms with Gasteiger partial charge >= 0.3 is 0 Å². The third kappa shape index (κ3) is 3.70. The molecule has 0 aliphatic rings. The normalized spacial score (nSPS) is 12.7. The van der Waals surface area contributed by atoms with Crippen molar-refractivity contribution in [3.05, 3.63) is 22.4 Å². The lowest BCUT2D eigenvalue weighted by atomic mass is 9.81. The Balaban J connectivity index is 0.00000289. The molecule has 1 aromatic heterocycles. The summed E-state index contributed by atoms with van der Waals surface area (Å²) in [7, 11) is 0. The van der Waals surface area contributed by atoms with Crippen LogP contribution in [0.5, 0.6) is 0 Å². The zero-order chi connectivity index (χ0) is 12.9. The van der Waals surface area contributed by atoms with Crippen LogP contribution in [0.4, 0.5) is 0 Å². The molecule has 3 N–H and O–H groups in total. The van der Waals surface area contributed by atoms with E-state index >= 15 is 0 Å². The van der Waals surface area contributed by atoms with Crippen molar-refractivity contribution in [2.45, 2.75) is 39.7 Å². The van der Waals surface area contributed by atoms with Crippen molar-refractivity contribution >= 4 is 29.7 Å². The molecule has 0 aliphatic carbocycles. The quantitative estimate of drug-likeness (QED) is 0.846. The van der Waals surface area contributed by atoms with Crippen molar-refractivity contribution in [3.8, 4) is 0 Å². The zero-order valence-electron chi connectivity index (χ0n) is 11.2. The van der Waals surface area contributed by atoms with E-state index in [1.807, 2.05) is 38.3 Å². The van der Waals surface area contributed by atoms with Gasteiger partial charge in [-0.15, -0.1) is 23.7 Å². The average Bonchev–Trinajstić information content (AvgIpc) is 2.85. The maximum Gasteiger partial charge on any atom is 0.227 e. The Morgan fingerprint density at radius 3 is 2.50 bits per heavy atom. The molecule has 1 unspecified atom stereocenters. The summed E-state index contributed by atoms with van der Waals surface area (Å²) in [6.07, 6.45) is 1.56. The van der Waals surface area contributed by atoms with Crippen molar-refractivity contribution in [1.29, 1.82) is 0 Å². The zero-order valence-corrected chi connectivity index (χ0v) is 12.9. The average molecular weight is 291 g/mol. The van der Waals surface area contributed by atoms with E-state index < -0.39 is 5.41 Å². The molecule has 1 heterocycles. The third-order valence-electron chi connectivity index (χ3n) is 3.54. The van der Waals surface area contributed by atoms with E-state index in [2.05, 4.69) is 5.32 Å². The van der Waals surface area contributed by atoms with Crippen molar-refractivity contribution in [2.75, 3.05) is 6.54 Å². The number of hydrogen-bond acceptors (Lipinski definition) is 3.